The summed E-state index contributed by atoms with van der Waals surface area (Å²) in [5, 5.41) is 8.41. The van der Waals surface area contributed by atoms with E-state index in [-0.39, 0.29) is 11.9 Å². The number of benzene rings is 2. The molecule has 8 heteroatoms. The Labute approximate surface area is 179 Å². The van der Waals surface area contributed by atoms with Crippen LogP contribution in [-0.4, -0.2) is 16.9 Å². The summed E-state index contributed by atoms with van der Waals surface area (Å²) in [7, 11) is 0. The largest absolute Gasteiger partial charge is 0.489 e. The lowest BCUT2D eigenvalue weighted by atomic mass is 10.2. The Kier molecular flexibility index (Phi) is 7.24. The highest BCUT2D eigenvalue weighted by Crippen LogP contribution is 2.25. The summed E-state index contributed by atoms with van der Waals surface area (Å²) in [6.07, 6.45) is 3.48. The highest BCUT2D eigenvalue weighted by atomic mass is 35.5. The van der Waals surface area contributed by atoms with Crippen molar-refractivity contribution < 1.29 is 14.3 Å². The van der Waals surface area contributed by atoms with Crippen LogP contribution in [0.1, 0.15) is 18.1 Å². The van der Waals surface area contributed by atoms with Crippen LogP contribution < -0.4 is 20.7 Å². The summed E-state index contributed by atoms with van der Waals surface area (Å²) >= 11 is 6.15. The van der Waals surface area contributed by atoms with Gasteiger partial charge >= 0.3 is 6.03 Å². The molecule has 0 saturated heterocycles. The first-order chi connectivity index (χ1) is 14.5. The van der Waals surface area contributed by atoms with E-state index < -0.39 is 0 Å². The molecule has 30 heavy (non-hydrogen) atoms. The summed E-state index contributed by atoms with van der Waals surface area (Å²) in [5.41, 5.74) is 2.92. The number of rotatable bonds is 7. The van der Waals surface area contributed by atoms with Crippen LogP contribution in [0, 0.1) is 0 Å². The van der Waals surface area contributed by atoms with E-state index in [0.29, 0.717) is 29.5 Å². The fourth-order valence-electron chi connectivity index (χ4n) is 2.60. The van der Waals surface area contributed by atoms with Crippen molar-refractivity contribution in [1.29, 1.82) is 0 Å². The average molecular weight is 425 g/mol. The summed E-state index contributed by atoms with van der Waals surface area (Å²) in [6.45, 7) is 2.19. The average Bonchev–Trinajstić information content (AvgIpc) is 2.74. The van der Waals surface area contributed by atoms with Gasteiger partial charge in [0.15, 0.2) is 0 Å². The highest BCUT2D eigenvalue weighted by Gasteiger charge is 2.07. The van der Waals surface area contributed by atoms with Gasteiger partial charge in [-0.1, -0.05) is 29.8 Å². The molecule has 0 aliphatic rings. The van der Waals surface area contributed by atoms with Crippen molar-refractivity contribution in [3.8, 4) is 5.75 Å². The monoisotopic (exact) mass is 424 g/mol. The fraction of sp³-hybridized carbons (Fsp3) is 0.136. The molecule has 0 bridgehead atoms. The minimum atomic E-state index is -0.388. The van der Waals surface area contributed by atoms with E-state index >= 15 is 0 Å². The van der Waals surface area contributed by atoms with E-state index in [2.05, 4.69) is 20.9 Å². The SMILES string of the molecule is CC(=O)Nc1ccc(NC(=O)NCc2ccc(OCc3cccnc3)cc2)c(Cl)c1. The molecule has 1 aromatic heterocycles. The van der Waals surface area contributed by atoms with E-state index in [0.717, 1.165) is 16.9 Å². The predicted octanol–water partition coefficient (Wildman–Crippen LogP) is 4.59. The van der Waals surface area contributed by atoms with Gasteiger partial charge in [-0.15, -0.1) is 0 Å². The molecule has 0 radical (unpaired) electrons. The quantitative estimate of drug-likeness (QED) is 0.517. The second-order valence-corrected chi connectivity index (χ2v) is 6.88. The third-order valence-electron chi connectivity index (χ3n) is 4.04. The van der Waals surface area contributed by atoms with Crippen molar-refractivity contribution in [1.82, 2.24) is 10.3 Å². The lowest BCUT2D eigenvalue weighted by Crippen LogP contribution is -2.28. The first-order valence-corrected chi connectivity index (χ1v) is 9.60. The molecular weight excluding hydrogens is 404 g/mol. The summed E-state index contributed by atoms with van der Waals surface area (Å²) in [4.78, 5) is 27.3. The maximum Gasteiger partial charge on any atom is 0.319 e. The van der Waals surface area contributed by atoms with Gasteiger partial charge in [0, 0.05) is 37.1 Å². The van der Waals surface area contributed by atoms with Gasteiger partial charge in [0.25, 0.3) is 0 Å². The molecular formula is C22H21ClN4O3. The van der Waals surface area contributed by atoms with Crippen LogP contribution >= 0.6 is 11.6 Å². The Morgan fingerprint density at radius 3 is 2.50 bits per heavy atom. The van der Waals surface area contributed by atoms with Crippen LogP contribution in [0.5, 0.6) is 5.75 Å². The number of halogens is 1. The number of pyridine rings is 1. The Morgan fingerprint density at radius 2 is 1.83 bits per heavy atom. The van der Waals surface area contributed by atoms with Crippen LogP contribution in [0.3, 0.4) is 0 Å². The number of carbonyl (C=O) groups excluding carboxylic acids is 2. The Balaban J connectivity index is 1.47. The summed E-state index contributed by atoms with van der Waals surface area (Å²) < 4.78 is 5.72. The number of ether oxygens (including phenoxy) is 1. The standard InChI is InChI=1S/C22H21ClN4O3/c1-15(28)26-18-6-9-21(20(23)11-18)27-22(29)25-13-16-4-7-19(8-5-16)30-14-17-3-2-10-24-12-17/h2-12H,13-14H2,1H3,(H,26,28)(H2,25,27,29). The molecule has 1 heterocycles. The Morgan fingerprint density at radius 1 is 1.03 bits per heavy atom. The van der Waals surface area contributed by atoms with Crippen molar-refractivity contribution in [3.05, 3.63) is 83.1 Å². The second-order valence-electron chi connectivity index (χ2n) is 6.48. The zero-order valence-corrected chi connectivity index (χ0v) is 17.1. The number of carbonyl (C=O) groups is 2. The van der Waals surface area contributed by atoms with E-state index in [4.69, 9.17) is 16.3 Å². The maximum atomic E-state index is 12.1. The van der Waals surface area contributed by atoms with Gasteiger partial charge in [-0.25, -0.2) is 4.79 Å². The Bertz CT molecular complexity index is 1010. The topological polar surface area (TPSA) is 92.4 Å². The van der Waals surface area contributed by atoms with Gasteiger partial charge in [-0.3, -0.25) is 9.78 Å². The molecule has 3 amide bonds. The number of urea groups is 1. The van der Waals surface area contributed by atoms with E-state index in [9.17, 15) is 9.59 Å². The molecule has 7 nitrogen and oxygen atoms in total. The molecule has 3 aromatic rings. The zero-order chi connectivity index (χ0) is 21.3. The van der Waals surface area contributed by atoms with Crippen molar-refractivity contribution >= 4 is 34.9 Å². The lowest BCUT2D eigenvalue weighted by Gasteiger charge is -2.11. The van der Waals surface area contributed by atoms with E-state index in [1.54, 1.807) is 30.6 Å². The number of nitrogens with one attached hydrogen (secondary N) is 3. The normalized spacial score (nSPS) is 10.2. The van der Waals surface area contributed by atoms with Crippen molar-refractivity contribution in [2.24, 2.45) is 0 Å². The first kappa shape index (κ1) is 21.1. The van der Waals surface area contributed by atoms with Gasteiger partial charge in [-0.2, -0.15) is 0 Å². The van der Waals surface area contributed by atoms with Gasteiger partial charge < -0.3 is 20.7 Å². The van der Waals surface area contributed by atoms with Gasteiger partial charge in [0.05, 0.1) is 10.7 Å². The number of hydrogen-bond donors (Lipinski definition) is 3. The minimum absolute atomic E-state index is 0.196. The predicted molar refractivity (Wildman–Crippen MR) is 117 cm³/mol. The van der Waals surface area contributed by atoms with E-state index in [1.807, 2.05) is 36.4 Å². The summed E-state index contributed by atoms with van der Waals surface area (Å²) in [6, 6.07) is 15.7. The van der Waals surface area contributed by atoms with Crippen molar-refractivity contribution in [3.63, 3.8) is 0 Å². The third-order valence-corrected chi connectivity index (χ3v) is 4.36. The molecule has 0 atom stereocenters. The van der Waals surface area contributed by atoms with Crippen molar-refractivity contribution in [2.75, 3.05) is 10.6 Å². The van der Waals surface area contributed by atoms with Gasteiger partial charge in [-0.05, 0) is 42.0 Å². The van der Waals surface area contributed by atoms with Crippen LogP contribution in [0.25, 0.3) is 0 Å². The fourth-order valence-corrected chi connectivity index (χ4v) is 2.83. The molecule has 0 aliphatic carbocycles. The molecule has 2 aromatic carbocycles. The van der Waals surface area contributed by atoms with Crippen molar-refractivity contribution in [2.45, 2.75) is 20.1 Å². The number of aromatic nitrogens is 1. The van der Waals surface area contributed by atoms with Crippen LogP contribution in [0.4, 0.5) is 16.2 Å². The number of amides is 3. The Hall–Kier alpha value is -3.58. The third kappa shape index (κ3) is 6.49. The molecule has 3 N–H and O–H groups in total. The number of nitrogens with zero attached hydrogens (tertiary/aromatic N) is 1. The first-order valence-electron chi connectivity index (χ1n) is 9.22. The molecule has 3 rings (SSSR count). The zero-order valence-electron chi connectivity index (χ0n) is 16.3. The lowest BCUT2D eigenvalue weighted by molar-refractivity contribution is -0.114. The molecule has 0 fully saturated rings. The summed E-state index contributed by atoms with van der Waals surface area (Å²) in [5.74, 6) is 0.538. The minimum Gasteiger partial charge on any atom is -0.489 e. The molecule has 0 unspecified atom stereocenters. The van der Waals surface area contributed by atoms with Gasteiger partial charge in [0.2, 0.25) is 5.91 Å². The second kappa shape index (κ2) is 10.3. The van der Waals surface area contributed by atoms with Crippen LogP contribution in [0.15, 0.2) is 67.0 Å². The van der Waals surface area contributed by atoms with Crippen LogP contribution in [0.2, 0.25) is 5.02 Å². The highest BCUT2D eigenvalue weighted by molar-refractivity contribution is 6.34. The molecule has 154 valence electrons. The van der Waals surface area contributed by atoms with Gasteiger partial charge in [0.1, 0.15) is 12.4 Å². The van der Waals surface area contributed by atoms with Crippen LogP contribution in [-0.2, 0) is 17.9 Å². The smallest absolute Gasteiger partial charge is 0.319 e. The van der Waals surface area contributed by atoms with E-state index in [1.165, 1.54) is 6.92 Å². The number of hydrogen-bond acceptors (Lipinski definition) is 4. The molecule has 0 aliphatic heterocycles. The maximum absolute atomic E-state index is 12.1. The molecule has 0 spiro atoms. The molecule has 0 saturated carbocycles. The number of anilines is 2.